The summed E-state index contributed by atoms with van der Waals surface area (Å²) < 4.78 is 5.24. The Kier molecular flexibility index (Phi) is 2.72. The van der Waals surface area contributed by atoms with Crippen molar-refractivity contribution in [1.82, 2.24) is 0 Å². The summed E-state index contributed by atoms with van der Waals surface area (Å²) in [5.41, 5.74) is 6.45. The zero-order valence-corrected chi connectivity index (χ0v) is 7.70. The second kappa shape index (κ2) is 3.62. The molecule has 1 aromatic heterocycles. The Morgan fingerprint density at radius 2 is 2.31 bits per heavy atom. The maximum absolute atomic E-state index is 10.4. The van der Waals surface area contributed by atoms with Gasteiger partial charge in [0.05, 0.1) is 6.42 Å². The molecule has 0 aliphatic carbocycles. The van der Waals surface area contributed by atoms with Gasteiger partial charge in [0, 0.05) is 11.6 Å². The van der Waals surface area contributed by atoms with E-state index in [1.807, 2.05) is 6.92 Å². The number of carboxylic acids is 1. The summed E-state index contributed by atoms with van der Waals surface area (Å²) in [6.07, 6.45) is -0.0696. The van der Waals surface area contributed by atoms with Crippen LogP contribution < -0.4 is 5.73 Å². The van der Waals surface area contributed by atoms with E-state index in [2.05, 4.69) is 0 Å². The van der Waals surface area contributed by atoms with Gasteiger partial charge in [0.1, 0.15) is 11.5 Å². The number of nitrogens with two attached hydrogens (primary N) is 1. The van der Waals surface area contributed by atoms with Crippen LogP contribution in [0.5, 0.6) is 0 Å². The molecule has 0 saturated carbocycles. The van der Waals surface area contributed by atoms with Gasteiger partial charge in [-0.2, -0.15) is 0 Å². The summed E-state index contributed by atoms with van der Waals surface area (Å²) in [5.74, 6) is 0.561. The molecule has 72 valence electrons. The van der Waals surface area contributed by atoms with Crippen molar-refractivity contribution in [1.29, 1.82) is 0 Å². The molecule has 0 radical (unpaired) electrons. The van der Waals surface area contributed by atoms with E-state index in [1.165, 1.54) is 0 Å². The predicted octanol–water partition coefficient (Wildman–Crippen LogP) is 1.37. The molecular weight excluding hydrogens is 170 g/mol. The Bertz CT molecular complexity index is 317. The standard InChI is InChI=1S/C9H13NO3/c1-5-3-7(6(2)13-5)8(10)4-9(11)12/h3,8H,4,10H2,1-2H3,(H,11,12)/t8-/m1/s1. The van der Waals surface area contributed by atoms with Gasteiger partial charge < -0.3 is 15.3 Å². The molecule has 1 heterocycles. The van der Waals surface area contributed by atoms with Crippen LogP contribution >= 0.6 is 0 Å². The largest absolute Gasteiger partial charge is 0.481 e. The van der Waals surface area contributed by atoms with Gasteiger partial charge in [-0.1, -0.05) is 0 Å². The highest BCUT2D eigenvalue weighted by Gasteiger charge is 2.15. The van der Waals surface area contributed by atoms with Crippen molar-refractivity contribution < 1.29 is 14.3 Å². The molecule has 0 unspecified atom stereocenters. The van der Waals surface area contributed by atoms with Crippen LogP contribution in [0.4, 0.5) is 0 Å². The van der Waals surface area contributed by atoms with Gasteiger partial charge >= 0.3 is 5.97 Å². The average molecular weight is 183 g/mol. The highest BCUT2D eigenvalue weighted by atomic mass is 16.4. The van der Waals surface area contributed by atoms with Gasteiger partial charge in [-0.25, -0.2) is 0 Å². The Labute approximate surface area is 76.3 Å². The smallest absolute Gasteiger partial charge is 0.305 e. The van der Waals surface area contributed by atoms with Crippen molar-refractivity contribution in [3.8, 4) is 0 Å². The summed E-state index contributed by atoms with van der Waals surface area (Å²) >= 11 is 0. The first-order valence-corrected chi connectivity index (χ1v) is 4.05. The van der Waals surface area contributed by atoms with Crippen LogP contribution in [0, 0.1) is 13.8 Å². The third-order valence-corrected chi connectivity index (χ3v) is 1.87. The number of carbonyl (C=O) groups is 1. The Morgan fingerprint density at radius 1 is 1.69 bits per heavy atom. The molecular formula is C9H13NO3. The Balaban J connectivity index is 2.81. The zero-order valence-electron chi connectivity index (χ0n) is 7.70. The summed E-state index contributed by atoms with van der Waals surface area (Å²) in [6.45, 7) is 3.59. The van der Waals surface area contributed by atoms with Crippen LogP contribution in [0.1, 0.15) is 29.5 Å². The third-order valence-electron chi connectivity index (χ3n) is 1.87. The lowest BCUT2D eigenvalue weighted by atomic mass is 10.1. The molecule has 1 aromatic rings. The minimum absolute atomic E-state index is 0.0696. The predicted molar refractivity (Wildman–Crippen MR) is 47.4 cm³/mol. The van der Waals surface area contributed by atoms with E-state index in [-0.39, 0.29) is 6.42 Å². The number of hydrogen-bond donors (Lipinski definition) is 2. The lowest BCUT2D eigenvalue weighted by Crippen LogP contribution is -2.15. The van der Waals surface area contributed by atoms with Crippen LogP contribution in [0.3, 0.4) is 0 Å². The summed E-state index contributed by atoms with van der Waals surface area (Å²) in [6, 6.07) is 1.30. The van der Waals surface area contributed by atoms with Crippen molar-refractivity contribution in [3.05, 3.63) is 23.2 Å². The molecule has 1 rings (SSSR count). The fourth-order valence-electron chi connectivity index (χ4n) is 1.32. The van der Waals surface area contributed by atoms with Crippen LogP contribution in [0.25, 0.3) is 0 Å². The molecule has 4 nitrogen and oxygen atoms in total. The molecule has 0 fully saturated rings. The topological polar surface area (TPSA) is 76.5 Å². The highest BCUT2D eigenvalue weighted by molar-refractivity contribution is 5.67. The van der Waals surface area contributed by atoms with E-state index in [1.54, 1.807) is 13.0 Å². The first kappa shape index (κ1) is 9.80. The molecule has 0 aliphatic heterocycles. The average Bonchev–Trinajstić information content (AvgIpc) is 2.28. The van der Waals surface area contributed by atoms with Gasteiger partial charge in [-0.15, -0.1) is 0 Å². The fourth-order valence-corrected chi connectivity index (χ4v) is 1.32. The van der Waals surface area contributed by atoms with E-state index in [4.69, 9.17) is 15.3 Å². The van der Waals surface area contributed by atoms with Crippen molar-refractivity contribution in [3.63, 3.8) is 0 Å². The van der Waals surface area contributed by atoms with E-state index in [0.717, 1.165) is 11.3 Å². The van der Waals surface area contributed by atoms with Crippen LogP contribution in [-0.2, 0) is 4.79 Å². The molecule has 3 N–H and O–H groups in total. The summed E-state index contributed by atoms with van der Waals surface area (Å²) in [7, 11) is 0. The monoisotopic (exact) mass is 183 g/mol. The van der Waals surface area contributed by atoms with E-state index in [9.17, 15) is 4.79 Å². The van der Waals surface area contributed by atoms with Crippen LogP contribution in [0.2, 0.25) is 0 Å². The molecule has 1 atom stereocenters. The van der Waals surface area contributed by atoms with Crippen molar-refractivity contribution in [2.24, 2.45) is 5.73 Å². The number of aliphatic carboxylic acids is 1. The molecule has 0 spiro atoms. The van der Waals surface area contributed by atoms with Crippen LogP contribution in [-0.4, -0.2) is 11.1 Å². The fraction of sp³-hybridized carbons (Fsp3) is 0.444. The van der Waals surface area contributed by atoms with E-state index >= 15 is 0 Å². The molecule has 0 saturated heterocycles. The Morgan fingerprint density at radius 3 is 2.69 bits per heavy atom. The molecule has 0 bridgehead atoms. The molecule has 4 heteroatoms. The van der Waals surface area contributed by atoms with Crippen molar-refractivity contribution in [2.75, 3.05) is 0 Å². The van der Waals surface area contributed by atoms with Crippen molar-refractivity contribution in [2.45, 2.75) is 26.3 Å². The summed E-state index contributed by atoms with van der Waals surface area (Å²) in [4.78, 5) is 10.4. The maximum Gasteiger partial charge on any atom is 0.305 e. The van der Waals surface area contributed by atoms with Gasteiger partial charge in [-0.3, -0.25) is 4.79 Å². The number of hydrogen-bond acceptors (Lipinski definition) is 3. The highest BCUT2D eigenvalue weighted by Crippen LogP contribution is 2.21. The minimum atomic E-state index is -0.897. The number of aryl methyl sites for hydroxylation is 2. The normalized spacial score (nSPS) is 12.8. The minimum Gasteiger partial charge on any atom is -0.481 e. The molecule has 0 aromatic carbocycles. The molecule has 0 aliphatic rings. The van der Waals surface area contributed by atoms with Gasteiger partial charge in [0.2, 0.25) is 0 Å². The van der Waals surface area contributed by atoms with E-state index < -0.39 is 12.0 Å². The first-order valence-electron chi connectivity index (χ1n) is 4.05. The first-order chi connectivity index (χ1) is 6.00. The number of carboxylic acid groups (broad SMARTS) is 1. The lowest BCUT2D eigenvalue weighted by Gasteiger charge is -2.06. The summed E-state index contributed by atoms with van der Waals surface area (Å²) in [5, 5.41) is 8.53. The molecule has 0 amide bonds. The molecule has 13 heavy (non-hydrogen) atoms. The zero-order chi connectivity index (χ0) is 10.0. The van der Waals surface area contributed by atoms with Gasteiger partial charge in [-0.05, 0) is 19.9 Å². The Hall–Kier alpha value is -1.29. The maximum atomic E-state index is 10.4. The SMILES string of the molecule is Cc1cc([C@H](N)CC(=O)O)c(C)o1. The lowest BCUT2D eigenvalue weighted by molar-refractivity contribution is -0.137. The quantitative estimate of drug-likeness (QED) is 0.742. The van der Waals surface area contributed by atoms with Gasteiger partial charge in [0.25, 0.3) is 0 Å². The van der Waals surface area contributed by atoms with E-state index in [0.29, 0.717) is 5.76 Å². The number of rotatable bonds is 3. The van der Waals surface area contributed by atoms with Gasteiger partial charge in [0.15, 0.2) is 0 Å². The van der Waals surface area contributed by atoms with Crippen molar-refractivity contribution >= 4 is 5.97 Å². The second-order valence-corrected chi connectivity index (χ2v) is 3.07. The second-order valence-electron chi connectivity index (χ2n) is 3.07. The third kappa shape index (κ3) is 2.32. The number of furan rings is 1. The van der Waals surface area contributed by atoms with Crippen LogP contribution in [0.15, 0.2) is 10.5 Å².